The zero-order chi connectivity index (χ0) is 19.1. The van der Waals surface area contributed by atoms with Crippen LogP contribution in [0.25, 0.3) is 0 Å². The van der Waals surface area contributed by atoms with Crippen molar-refractivity contribution in [3.8, 4) is 5.75 Å². The van der Waals surface area contributed by atoms with Crippen LogP contribution in [0.3, 0.4) is 0 Å². The van der Waals surface area contributed by atoms with Crippen LogP contribution in [0.1, 0.15) is 35.7 Å². The molecule has 1 aromatic carbocycles. The van der Waals surface area contributed by atoms with Crippen molar-refractivity contribution < 1.29 is 29.0 Å². The SMILES string of the molecule is CCOC(=O)N1CCC(NC(=O)COC(=O)c2ccc(C)c(O)c2)CC1. The summed E-state index contributed by atoms with van der Waals surface area (Å²) in [6, 6.07) is 4.36. The van der Waals surface area contributed by atoms with Crippen molar-refractivity contribution in [1.82, 2.24) is 10.2 Å². The first-order valence-corrected chi connectivity index (χ1v) is 8.58. The number of aryl methyl sites for hydroxylation is 1. The van der Waals surface area contributed by atoms with Crippen LogP contribution in [0.2, 0.25) is 0 Å². The zero-order valence-corrected chi connectivity index (χ0v) is 15.0. The Bertz CT molecular complexity index is 668. The minimum atomic E-state index is -0.674. The molecule has 8 heteroatoms. The summed E-state index contributed by atoms with van der Waals surface area (Å²) >= 11 is 0. The number of likely N-dealkylation sites (tertiary alicyclic amines) is 1. The van der Waals surface area contributed by atoms with E-state index in [1.807, 2.05) is 0 Å². The second-order valence-corrected chi connectivity index (χ2v) is 6.11. The number of benzene rings is 1. The van der Waals surface area contributed by atoms with Crippen LogP contribution in [-0.2, 0) is 14.3 Å². The number of rotatable bonds is 5. The van der Waals surface area contributed by atoms with Gasteiger partial charge in [0.2, 0.25) is 0 Å². The number of aromatic hydroxyl groups is 1. The van der Waals surface area contributed by atoms with Gasteiger partial charge in [-0.1, -0.05) is 6.07 Å². The summed E-state index contributed by atoms with van der Waals surface area (Å²) in [4.78, 5) is 37.1. The molecular formula is C18H24N2O6. The number of amides is 2. The lowest BCUT2D eigenvalue weighted by molar-refractivity contribution is -0.125. The average Bonchev–Trinajstić information content (AvgIpc) is 2.62. The van der Waals surface area contributed by atoms with E-state index in [0.29, 0.717) is 38.1 Å². The molecule has 0 spiro atoms. The molecule has 0 aliphatic carbocycles. The van der Waals surface area contributed by atoms with Gasteiger partial charge in [-0.3, -0.25) is 4.79 Å². The molecule has 2 rings (SSSR count). The van der Waals surface area contributed by atoms with Gasteiger partial charge in [0.25, 0.3) is 5.91 Å². The van der Waals surface area contributed by atoms with Gasteiger partial charge in [-0.2, -0.15) is 0 Å². The summed E-state index contributed by atoms with van der Waals surface area (Å²) < 4.78 is 9.92. The highest BCUT2D eigenvalue weighted by molar-refractivity contribution is 5.91. The Kier molecular flexibility index (Phi) is 6.82. The maximum Gasteiger partial charge on any atom is 0.409 e. The number of phenolic OH excluding ortho intramolecular Hbond substituents is 1. The normalized spacial score (nSPS) is 14.6. The number of carbonyl (C=O) groups is 3. The van der Waals surface area contributed by atoms with Gasteiger partial charge < -0.3 is 24.8 Å². The third-order valence-electron chi connectivity index (χ3n) is 4.17. The maximum absolute atomic E-state index is 11.9. The van der Waals surface area contributed by atoms with Crippen LogP contribution >= 0.6 is 0 Å². The van der Waals surface area contributed by atoms with Gasteiger partial charge >= 0.3 is 12.1 Å². The Morgan fingerprint density at radius 3 is 2.54 bits per heavy atom. The molecular weight excluding hydrogens is 340 g/mol. The maximum atomic E-state index is 11.9. The van der Waals surface area contributed by atoms with Crippen LogP contribution < -0.4 is 5.32 Å². The summed E-state index contributed by atoms with van der Waals surface area (Å²) in [7, 11) is 0. The number of ether oxygens (including phenoxy) is 2. The lowest BCUT2D eigenvalue weighted by atomic mass is 10.1. The van der Waals surface area contributed by atoms with Gasteiger partial charge in [0.1, 0.15) is 5.75 Å². The van der Waals surface area contributed by atoms with Crippen molar-refractivity contribution in [2.24, 2.45) is 0 Å². The molecule has 0 unspecified atom stereocenters. The third kappa shape index (κ3) is 5.37. The number of nitrogens with one attached hydrogen (secondary N) is 1. The fourth-order valence-electron chi connectivity index (χ4n) is 2.64. The molecule has 1 aromatic rings. The first kappa shape index (κ1) is 19.6. The fraction of sp³-hybridized carbons (Fsp3) is 0.500. The summed E-state index contributed by atoms with van der Waals surface area (Å²) in [5.41, 5.74) is 0.831. The summed E-state index contributed by atoms with van der Waals surface area (Å²) in [6.45, 7) is 4.42. The van der Waals surface area contributed by atoms with Crippen molar-refractivity contribution in [2.45, 2.75) is 32.7 Å². The number of phenols is 1. The Morgan fingerprint density at radius 1 is 1.23 bits per heavy atom. The molecule has 1 saturated heterocycles. The van der Waals surface area contributed by atoms with Crippen LogP contribution in [0, 0.1) is 6.92 Å². The number of piperidine rings is 1. The molecule has 0 bridgehead atoms. The van der Waals surface area contributed by atoms with E-state index >= 15 is 0 Å². The monoisotopic (exact) mass is 364 g/mol. The molecule has 1 fully saturated rings. The van der Waals surface area contributed by atoms with E-state index in [9.17, 15) is 19.5 Å². The first-order valence-electron chi connectivity index (χ1n) is 8.58. The largest absolute Gasteiger partial charge is 0.508 e. The van der Waals surface area contributed by atoms with Gasteiger partial charge in [0, 0.05) is 19.1 Å². The highest BCUT2D eigenvalue weighted by Crippen LogP contribution is 2.18. The Hall–Kier alpha value is -2.77. The highest BCUT2D eigenvalue weighted by atomic mass is 16.6. The highest BCUT2D eigenvalue weighted by Gasteiger charge is 2.24. The molecule has 2 N–H and O–H groups in total. The van der Waals surface area contributed by atoms with Gasteiger partial charge in [-0.25, -0.2) is 9.59 Å². The van der Waals surface area contributed by atoms with E-state index in [1.54, 1.807) is 24.8 Å². The molecule has 1 aliphatic rings. The molecule has 0 aromatic heterocycles. The predicted molar refractivity (Wildman–Crippen MR) is 92.9 cm³/mol. The Labute approximate surface area is 152 Å². The quantitative estimate of drug-likeness (QED) is 0.769. The van der Waals surface area contributed by atoms with Crippen molar-refractivity contribution in [3.05, 3.63) is 29.3 Å². The van der Waals surface area contributed by atoms with Crippen LogP contribution in [0.4, 0.5) is 4.79 Å². The van der Waals surface area contributed by atoms with E-state index in [4.69, 9.17) is 9.47 Å². The van der Waals surface area contributed by atoms with E-state index in [0.717, 1.165) is 0 Å². The molecule has 8 nitrogen and oxygen atoms in total. The van der Waals surface area contributed by atoms with Crippen molar-refractivity contribution in [1.29, 1.82) is 0 Å². The standard InChI is InChI=1S/C18H24N2O6/c1-3-25-18(24)20-8-6-14(7-9-20)19-16(22)11-26-17(23)13-5-4-12(2)15(21)10-13/h4-5,10,14,21H,3,6-9,11H2,1-2H3,(H,19,22). The summed E-state index contributed by atoms with van der Waals surface area (Å²) in [5.74, 6) is -1.07. The van der Waals surface area contributed by atoms with Crippen LogP contribution in [0.15, 0.2) is 18.2 Å². The van der Waals surface area contributed by atoms with E-state index in [1.165, 1.54) is 12.1 Å². The van der Waals surface area contributed by atoms with E-state index in [2.05, 4.69) is 5.32 Å². The van der Waals surface area contributed by atoms with E-state index in [-0.39, 0.29) is 23.4 Å². The van der Waals surface area contributed by atoms with Crippen molar-refractivity contribution in [2.75, 3.05) is 26.3 Å². The molecule has 1 heterocycles. The number of nitrogens with zero attached hydrogens (tertiary/aromatic N) is 1. The number of esters is 1. The van der Waals surface area contributed by atoms with Gasteiger partial charge in [0.05, 0.1) is 12.2 Å². The molecule has 26 heavy (non-hydrogen) atoms. The fourth-order valence-corrected chi connectivity index (χ4v) is 2.64. The van der Waals surface area contributed by atoms with Gasteiger partial charge in [-0.05, 0) is 44.4 Å². The van der Waals surface area contributed by atoms with Crippen LogP contribution in [0.5, 0.6) is 5.75 Å². The minimum absolute atomic E-state index is 0.00254. The Balaban J connectivity index is 1.73. The predicted octanol–water partition coefficient (Wildman–Crippen LogP) is 1.59. The summed E-state index contributed by atoms with van der Waals surface area (Å²) in [6.07, 6.45) is 0.891. The number of hydrogen-bond donors (Lipinski definition) is 2. The van der Waals surface area contributed by atoms with Crippen LogP contribution in [-0.4, -0.2) is 60.3 Å². The molecule has 142 valence electrons. The lowest BCUT2D eigenvalue weighted by Crippen LogP contribution is -2.47. The number of carbonyl (C=O) groups excluding carboxylic acids is 3. The van der Waals surface area contributed by atoms with Gasteiger partial charge in [0.15, 0.2) is 6.61 Å². The number of hydrogen-bond acceptors (Lipinski definition) is 6. The van der Waals surface area contributed by atoms with Crippen molar-refractivity contribution in [3.63, 3.8) is 0 Å². The van der Waals surface area contributed by atoms with Gasteiger partial charge in [-0.15, -0.1) is 0 Å². The molecule has 0 atom stereocenters. The second-order valence-electron chi connectivity index (χ2n) is 6.11. The molecule has 0 saturated carbocycles. The topological polar surface area (TPSA) is 105 Å². The average molecular weight is 364 g/mol. The van der Waals surface area contributed by atoms with E-state index < -0.39 is 18.5 Å². The molecule has 2 amide bonds. The minimum Gasteiger partial charge on any atom is -0.508 e. The van der Waals surface area contributed by atoms with Crippen molar-refractivity contribution >= 4 is 18.0 Å². The Morgan fingerprint density at radius 2 is 1.92 bits per heavy atom. The zero-order valence-electron chi connectivity index (χ0n) is 15.0. The third-order valence-corrected chi connectivity index (χ3v) is 4.17. The molecule has 0 radical (unpaired) electrons. The molecule has 1 aliphatic heterocycles. The first-order chi connectivity index (χ1) is 12.4. The smallest absolute Gasteiger partial charge is 0.409 e. The summed E-state index contributed by atoms with van der Waals surface area (Å²) in [5, 5.41) is 12.4. The lowest BCUT2D eigenvalue weighted by Gasteiger charge is -2.31. The second kappa shape index (κ2) is 9.07.